The molecule has 29 heavy (non-hydrogen) atoms. The number of piperidine rings is 1. The monoisotopic (exact) mass is 407 g/mol. The van der Waals surface area contributed by atoms with Gasteiger partial charge in [-0.1, -0.05) is 49.6 Å². The van der Waals surface area contributed by atoms with Crippen LogP contribution < -0.4 is 5.56 Å². The average Bonchev–Trinajstić information content (AvgIpc) is 3.21. The van der Waals surface area contributed by atoms with Gasteiger partial charge in [0.05, 0.1) is 11.7 Å². The molecule has 1 aliphatic heterocycles. The van der Waals surface area contributed by atoms with Gasteiger partial charge in [0.15, 0.2) is 0 Å². The summed E-state index contributed by atoms with van der Waals surface area (Å²) in [6.45, 7) is 1.74. The zero-order valence-corrected chi connectivity index (χ0v) is 17.2. The first-order valence-electron chi connectivity index (χ1n) is 10.5. The summed E-state index contributed by atoms with van der Waals surface area (Å²) in [7, 11) is 0. The summed E-state index contributed by atoms with van der Waals surface area (Å²) in [5, 5.41) is 2.59. The van der Waals surface area contributed by atoms with Crippen LogP contribution in [0.5, 0.6) is 0 Å². The van der Waals surface area contributed by atoms with Gasteiger partial charge >= 0.3 is 0 Å². The van der Waals surface area contributed by atoms with Crippen LogP contribution in [-0.4, -0.2) is 33.4 Å². The van der Waals surface area contributed by atoms with Crippen molar-refractivity contribution in [1.82, 2.24) is 14.5 Å². The Labute approximate surface area is 174 Å². The van der Waals surface area contributed by atoms with Gasteiger partial charge in [0.25, 0.3) is 5.56 Å². The minimum atomic E-state index is -0.129. The molecular weight excluding hydrogens is 382 g/mol. The van der Waals surface area contributed by atoms with Crippen LogP contribution in [-0.2, 0) is 11.3 Å². The molecule has 1 amide bonds. The number of thiophene rings is 1. The molecule has 1 saturated carbocycles. The van der Waals surface area contributed by atoms with Gasteiger partial charge in [0.2, 0.25) is 5.91 Å². The van der Waals surface area contributed by atoms with Gasteiger partial charge in [-0.3, -0.25) is 14.2 Å². The van der Waals surface area contributed by atoms with E-state index in [1.54, 1.807) is 0 Å². The highest BCUT2D eigenvalue weighted by atomic mass is 32.1. The molecular formula is C23H25N3O2S. The van der Waals surface area contributed by atoms with Crippen LogP contribution in [0.25, 0.3) is 21.3 Å². The van der Waals surface area contributed by atoms with Crippen LogP contribution in [0, 0.1) is 11.8 Å². The number of carbonyl (C=O) groups is 1. The van der Waals surface area contributed by atoms with Gasteiger partial charge < -0.3 is 4.90 Å². The largest absolute Gasteiger partial charge is 0.341 e. The number of amides is 1. The van der Waals surface area contributed by atoms with Crippen molar-refractivity contribution in [2.45, 2.75) is 38.6 Å². The lowest BCUT2D eigenvalue weighted by atomic mass is 9.75. The topological polar surface area (TPSA) is 55.2 Å². The summed E-state index contributed by atoms with van der Waals surface area (Å²) < 4.78 is 1.48. The SMILES string of the molecule is O=C(Cn1cnc2scc(-c3ccccc3)c2c1=O)N1CC[C@@H]2CCCC[C@H]2C1. The maximum atomic E-state index is 13.2. The van der Waals surface area contributed by atoms with Crippen molar-refractivity contribution in [1.29, 1.82) is 0 Å². The van der Waals surface area contributed by atoms with E-state index in [0.29, 0.717) is 11.3 Å². The van der Waals surface area contributed by atoms with Crippen molar-refractivity contribution >= 4 is 27.5 Å². The first-order chi connectivity index (χ1) is 14.2. The molecule has 5 rings (SSSR count). The Kier molecular flexibility index (Phi) is 4.96. The van der Waals surface area contributed by atoms with Crippen molar-refractivity contribution < 1.29 is 4.79 Å². The van der Waals surface area contributed by atoms with Crippen LogP contribution in [0.2, 0.25) is 0 Å². The van der Waals surface area contributed by atoms with E-state index in [4.69, 9.17) is 0 Å². The Bertz CT molecular complexity index is 1090. The molecule has 0 unspecified atom stereocenters. The third-order valence-electron chi connectivity index (χ3n) is 6.60. The summed E-state index contributed by atoms with van der Waals surface area (Å²) in [4.78, 5) is 33.3. The number of hydrogen-bond acceptors (Lipinski definition) is 4. The Hall–Kier alpha value is -2.47. The maximum Gasteiger partial charge on any atom is 0.263 e. The van der Waals surface area contributed by atoms with Crippen LogP contribution in [0.3, 0.4) is 0 Å². The standard InChI is InChI=1S/C23H25N3O2S/c27-20(25-11-10-16-6-4-5-9-18(16)12-25)13-26-15-24-22-21(23(26)28)19(14-29-22)17-7-2-1-3-8-17/h1-3,7-8,14-16,18H,4-6,9-13H2/t16-,18-/m0/s1. The zero-order valence-electron chi connectivity index (χ0n) is 16.4. The van der Waals surface area contributed by atoms with Crippen molar-refractivity contribution in [3.05, 3.63) is 52.4 Å². The van der Waals surface area contributed by atoms with Crippen LogP contribution in [0.4, 0.5) is 0 Å². The molecule has 1 aromatic carbocycles. The molecule has 5 nitrogen and oxygen atoms in total. The van der Waals surface area contributed by atoms with E-state index in [2.05, 4.69) is 4.98 Å². The van der Waals surface area contributed by atoms with Crippen LogP contribution >= 0.6 is 11.3 Å². The Balaban J connectivity index is 1.40. The molecule has 2 aliphatic rings. The summed E-state index contributed by atoms with van der Waals surface area (Å²) in [6, 6.07) is 9.89. The van der Waals surface area contributed by atoms with Crippen molar-refractivity contribution in [2.75, 3.05) is 13.1 Å². The number of hydrogen-bond donors (Lipinski definition) is 0. The van der Waals surface area contributed by atoms with E-state index in [1.165, 1.54) is 47.9 Å². The van der Waals surface area contributed by atoms with E-state index < -0.39 is 0 Å². The van der Waals surface area contributed by atoms with Gasteiger partial charge in [-0.15, -0.1) is 11.3 Å². The second-order valence-corrected chi connectivity index (χ2v) is 9.16. The van der Waals surface area contributed by atoms with Crippen LogP contribution in [0.1, 0.15) is 32.1 Å². The molecule has 2 aromatic heterocycles. The third-order valence-corrected chi connectivity index (χ3v) is 7.48. The lowest BCUT2D eigenvalue weighted by Gasteiger charge is -2.41. The van der Waals surface area contributed by atoms with E-state index in [9.17, 15) is 9.59 Å². The Morgan fingerprint density at radius 3 is 2.72 bits per heavy atom. The molecule has 2 atom stereocenters. The molecule has 150 valence electrons. The zero-order chi connectivity index (χ0) is 19.8. The molecule has 2 fully saturated rings. The number of rotatable bonds is 3. The first kappa shape index (κ1) is 18.6. The minimum Gasteiger partial charge on any atom is -0.341 e. The van der Waals surface area contributed by atoms with Gasteiger partial charge in [-0.2, -0.15) is 0 Å². The molecule has 0 spiro atoms. The molecule has 0 radical (unpaired) electrons. The molecule has 0 N–H and O–H groups in total. The molecule has 0 bridgehead atoms. The quantitative estimate of drug-likeness (QED) is 0.655. The molecule has 3 heterocycles. The number of benzene rings is 1. The third kappa shape index (κ3) is 3.50. The number of carbonyl (C=O) groups excluding carboxylic acids is 1. The first-order valence-corrected chi connectivity index (χ1v) is 11.4. The van der Waals surface area contributed by atoms with E-state index in [1.807, 2.05) is 40.6 Å². The molecule has 6 heteroatoms. The summed E-state index contributed by atoms with van der Waals surface area (Å²) in [6.07, 6.45) is 7.79. The molecule has 1 saturated heterocycles. The van der Waals surface area contributed by atoms with Crippen molar-refractivity contribution in [2.24, 2.45) is 11.8 Å². The summed E-state index contributed by atoms with van der Waals surface area (Å²) in [5.41, 5.74) is 1.77. The number of nitrogens with zero attached hydrogens (tertiary/aromatic N) is 3. The van der Waals surface area contributed by atoms with Crippen molar-refractivity contribution in [3.63, 3.8) is 0 Å². The highest BCUT2D eigenvalue weighted by Crippen LogP contribution is 2.36. The summed E-state index contributed by atoms with van der Waals surface area (Å²) >= 11 is 1.47. The normalized spacial score (nSPS) is 21.9. The predicted molar refractivity (Wildman–Crippen MR) is 116 cm³/mol. The van der Waals surface area contributed by atoms with Gasteiger partial charge in [-0.25, -0.2) is 4.98 Å². The minimum absolute atomic E-state index is 0.0359. The predicted octanol–water partition coefficient (Wildman–Crippen LogP) is 4.16. The highest BCUT2D eigenvalue weighted by Gasteiger charge is 2.33. The van der Waals surface area contributed by atoms with E-state index in [-0.39, 0.29) is 18.0 Å². The fourth-order valence-corrected chi connectivity index (χ4v) is 5.89. The lowest BCUT2D eigenvalue weighted by Crippen LogP contribution is -2.46. The maximum absolute atomic E-state index is 13.2. The van der Waals surface area contributed by atoms with E-state index >= 15 is 0 Å². The lowest BCUT2D eigenvalue weighted by molar-refractivity contribution is -0.135. The van der Waals surface area contributed by atoms with E-state index in [0.717, 1.165) is 41.4 Å². The Morgan fingerprint density at radius 1 is 1.10 bits per heavy atom. The smallest absolute Gasteiger partial charge is 0.263 e. The fourth-order valence-electron chi connectivity index (χ4n) is 4.98. The Morgan fingerprint density at radius 2 is 1.90 bits per heavy atom. The van der Waals surface area contributed by atoms with Crippen LogP contribution in [0.15, 0.2) is 46.8 Å². The summed E-state index contributed by atoms with van der Waals surface area (Å²) in [5.74, 6) is 1.46. The van der Waals surface area contributed by atoms with Crippen molar-refractivity contribution in [3.8, 4) is 11.1 Å². The fraction of sp³-hybridized carbons (Fsp3) is 0.435. The van der Waals surface area contributed by atoms with Gasteiger partial charge in [0.1, 0.15) is 11.4 Å². The molecule has 1 aliphatic carbocycles. The second kappa shape index (κ2) is 7.75. The highest BCUT2D eigenvalue weighted by molar-refractivity contribution is 7.17. The average molecular weight is 408 g/mol. The molecule has 3 aromatic rings. The number of likely N-dealkylation sites (tertiary alicyclic amines) is 1. The van der Waals surface area contributed by atoms with Gasteiger partial charge in [-0.05, 0) is 30.2 Å². The number of fused-ring (bicyclic) bond motifs is 2. The second-order valence-electron chi connectivity index (χ2n) is 8.31. The number of aromatic nitrogens is 2. The van der Waals surface area contributed by atoms with Gasteiger partial charge in [0, 0.05) is 24.0 Å².